The minimum absolute atomic E-state index is 0.133. The van der Waals surface area contributed by atoms with Crippen LogP contribution >= 0.6 is 11.3 Å². The highest BCUT2D eigenvalue weighted by molar-refractivity contribution is 7.91. The summed E-state index contributed by atoms with van der Waals surface area (Å²) >= 11 is 0.832. The molecule has 1 fully saturated rings. The zero-order valence-corrected chi connectivity index (χ0v) is 12.0. The van der Waals surface area contributed by atoms with Crippen LogP contribution in [0.5, 0.6) is 0 Å². The topological polar surface area (TPSA) is 113 Å². The molecular formula is C9H15N5O3S2. The molecule has 0 saturated carbocycles. The lowest BCUT2D eigenvalue weighted by Crippen LogP contribution is -2.45. The molecule has 0 bridgehead atoms. The Hall–Kier alpha value is -1.10. The fraction of sp³-hybridized carbons (Fsp3) is 0.667. The van der Waals surface area contributed by atoms with Crippen LogP contribution in [0, 0.1) is 0 Å². The molecule has 8 nitrogen and oxygen atoms in total. The van der Waals surface area contributed by atoms with E-state index in [1.165, 1.54) is 6.92 Å². The number of amides is 1. The maximum absolute atomic E-state index is 12.1. The second-order valence-corrected chi connectivity index (χ2v) is 7.08. The van der Waals surface area contributed by atoms with Gasteiger partial charge in [-0.2, -0.15) is 0 Å². The number of anilines is 1. The van der Waals surface area contributed by atoms with Gasteiger partial charge in [0, 0.05) is 19.5 Å². The molecule has 0 radical (unpaired) electrons. The fourth-order valence-corrected chi connectivity index (χ4v) is 3.97. The first-order valence-electron chi connectivity index (χ1n) is 5.81. The molecule has 19 heavy (non-hydrogen) atoms. The van der Waals surface area contributed by atoms with Crippen LogP contribution in [-0.4, -0.2) is 43.7 Å². The number of sulfonamides is 1. The van der Waals surface area contributed by atoms with Gasteiger partial charge in [-0.3, -0.25) is 4.79 Å². The number of nitrogens with zero attached hydrogens (tertiary/aromatic N) is 2. The Labute approximate surface area is 115 Å². The molecule has 1 aromatic rings. The van der Waals surface area contributed by atoms with Crippen LogP contribution in [0.25, 0.3) is 0 Å². The molecule has 0 aromatic carbocycles. The maximum Gasteiger partial charge on any atom is 0.270 e. The zero-order valence-electron chi connectivity index (χ0n) is 10.3. The molecule has 1 aromatic heterocycles. The van der Waals surface area contributed by atoms with Gasteiger partial charge >= 0.3 is 0 Å². The smallest absolute Gasteiger partial charge is 0.270 e. The number of carbonyl (C=O) groups excluding carboxylic acids is 1. The summed E-state index contributed by atoms with van der Waals surface area (Å²) in [5.41, 5.74) is 0. The van der Waals surface area contributed by atoms with Crippen molar-refractivity contribution in [3.05, 3.63) is 0 Å². The van der Waals surface area contributed by atoms with Gasteiger partial charge in [-0.25, -0.2) is 13.1 Å². The number of rotatable bonds is 4. The van der Waals surface area contributed by atoms with Crippen molar-refractivity contribution in [3.63, 3.8) is 0 Å². The predicted octanol–water partition coefficient (Wildman–Crippen LogP) is -0.473. The van der Waals surface area contributed by atoms with Crippen LogP contribution in [0.2, 0.25) is 0 Å². The molecule has 10 heteroatoms. The first kappa shape index (κ1) is 14.3. The molecule has 1 saturated heterocycles. The van der Waals surface area contributed by atoms with Crippen molar-refractivity contribution in [3.8, 4) is 0 Å². The van der Waals surface area contributed by atoms with Crippen molar-refractivity contribution in [2.24, 2.45) is 0 Å². The van der Waals surface area contributed by atoms with Crippen molar-refractivity contribution in [1.82, 2.24) is 20.2 Å². The maximum atomic E-state index is 12.1. The third-order valence-corrected chi connectivity index (χ3v) is 5.26. The van der Waals surface area contributed by atoms with Crippen LogP contribution in [0.15, 0.2) is 4.34 Å². The molecule has 2 heterocycles. The normalized spacial score (nSPS) is 20.2. The lowest BCUT2D eigenvalue weighted by atomic mass is 10.1. The Balaban J connectivity index is 2.06. The lowest BCUT2D eigenvalue weighted by Gasteiger charge is -2.22. The second kappa shape index (κ2) is 5.90. The molecule has 0 spiro atoms. The minimum Gasteiger partial charge on any atom is -0.315 e. The van der Waals surface area contributed by atoms with Crippen LogP contribution in [0.4, 0.5) is 5.13 Å². The third kappa shape index (κ3) is 3.93. The SMILES string of the molecule is CC(=O)Nc1nnc(S(=O)(=O)N[C@H]2CCCNC2)s1. The van der Waals surface area contributed by atoms with E-state index in [0.717, 1.165) is 30.7 Å². The fourth-order valence-electron chi connectivity index (χ4n) is 1.74. The summed E-state index contributed by atoms with van der Waals surface area (Å²) in [6, 6.07) is -0.133. The molecule has 0 unspecified atom stereocenters. The van der Waals surface area contributed by atoms with Crippen LogP contribution in [-0.2, 0) is 14.8 Å². The van der Waals surface area contributed by atoms with E-state index in [0.29, 0.717) is 6.54 Å². The summed E-state index contributed by atoms with van der Waals surface area (Å²) in [5, 5.41) is 12.9. The highest BCUT2D eigenvalue weighted by Crippen LogP contribution is 2.20. The Kier molecular flexibility index (Phi) is 4.45. The van der Waals surface area contributed by atoms with E-state index < -0.39 is 10.0 Å². The molecule has 1 aliphatic heterocycles. The van der Waals surface area contributed by atoms with Gasteiger partial charge in [0.15, 0.2) is 0 Å². The Bertz CT molecular complexity index is 550. The van der Waals surface area contributed by atoms with Gasteiger partial charge in [-0.15, -0.1) is 10.2 Å². The number of hydrogen-bond acceptors (Lipinski definition) is 7. The highest BCUT2D eigenvalue weighted by Gasteiger charge is 2.25. The Morgan fingerprint density at radius 1 is 1.47 bits per heavy atom. The standard InChI is InChI=1S/C9H15N5O3S2/c1-6(15)11-8-12-13-9(18-8)19(16,17)14-7-3-2-4-10-5-7/h7,10,14H,2-5H2,1H3,(H,11,12,15)/t7-/m0/s1. The number of carbonyl (C=O) groups is 1. The summed E-state index contributed by atoms with van der Waals surface area (Å²) in [6.45, 7) is 2.84. The molecule has 1 amide bonds. The Morgan fingerprint density at radius 3 is 2.89 bits per heavy atom. The van der Waals surface area contributed by atoms with E-state index in [4.69, 9.17) is 0 Å². The molecule has 1 atom stereocenters. The summed E-state index contributed by atoms with van der Waals surface area (Å²) in [6.07, 6.45) is 1.73. The molecule has 1 aliphatic rings. The van der Waals surface area contributed by atoms with E-state index in [1.54, 1.807) is 0 Å². The molecule has 0 aliphatic carbocycles. The molecule has 106 valence electrons. The molecular weight excluding hydrogens is 290 g/mol. The largest absolute Gasteiger partial charge is 0.315 e. The van der Waals surface area contributed by atoms with E-state index in [9.17, 15) is 13.2 Å². The highest BCUT2D eigenvalue weighted by atomic mass is 32.2. The lowest BCUT2D eigenvalue weighted by molar-refractivity contribution is -0.114. The number of nitrogens with one attached hydrogen (secondary N) is 3. The summed E-state index contributed by atoms with van der Waals surface area (Å²) < 4.78 is 26.6. The van der Waals surface area contributed by atoms with E-state index in [-0.39, 0.29) is 21.4 Å². The number of aromatic nitrogens is 2. The van der Waals surface area contributed by atoms with Crippen molar-refractivity contribution in [1.29, 1.82) is 0 Å². The predicted molar refractivity (Wildman–Crippen MR) is 70.4 cm³/mol. The van der Waals surface area contributed by atoms with Crippen LogP contribution < -0.4 is 15.4 Å². The van der Waals surface area contributed by atoms with Crippen molar-refractivity contribution in [2.75, 3.05) is 18.4 Å². The first-order chi connectivity index (χ1) is 8.97. The van der Waals surface area contributed by atoms with E-state index >= 15 is 0 Å². The minimum atomic E-state index is -3.67. The van der Waals surface area contributed by atoms with Gasteiger partial charge in [0.1, 0.15) is 0 Å². The van der Waals surface area contributed by atoms with Crippen LogP contribution in [0.1, 0.15) is 19.8 Å². The van der Waals surface area contributed by atoms with Gasteiger partial charge in [0.05, 0.1) is 0 Å². The molecule has 3 N–H and O–H groups in total. The zero-order chi connectivity index (χ0) is 13.9. The van der Waals surface area contributed by atoms with Gasteiger partial charge in [-0.05, 0) is 19.4 Å². The van der Waals surface area contributed by atoms with Gasteiger partial charge < -0.3 is 10.6 Å². The van der Waals surface area contributed by atoms with Gasteiger partial charge in [0.25, 0.3) is 10.0 Å². The number of piperidine rings is 1. The Morgan fingerprint density at radius 2 is 2.26 bits per heavy atom. The van der Waals surface area contributed by atoms with Gasteiger partial charge in [-0.1, -0.05) is 11.3 Å². The molecule has 2 rings (SSSR count). The monoisotopic (exact) mass is 305 g/mol. The van der Waals surface area contributed by atoms with Crippen LogP contribution in [0.3, 0.4) is 0 Å². The first-order valence-corrected chi connectivity index (χ1v) is 8.11. The summed E-state index contributed by atoms with van der Waals surface area (Å²) in [4.78, 5) is 10.8. The third-order valence-electron chi connectivity index (χ3n) is 2.54. The van der Waals surface area contributed by atoms with Crippen molar-refractivity contribution in [2.45, 2.75) is 30.1 Å². The van der Waals surface area contributed by atoms with Gasteiger partial charge in [0.2, 0.25) is 15.4 Å². The van der Waals surface area contributed by atoms with E-state index in [1.807, 2.05) is 0 Å². The second-order valence-electron chi connectivity index (χ2n) is 4.22. The van der Waals surface area contributed by atoms with E-state index in [2.05, 4.69) is 25.6 Å². The number of hydrogen-bond donors (Lipinski definition) is 3. The summed E-state index contributed by atoms with van der Waals surface area (Å²) in [5.74, 6) is -0.315. The van der Waals surface area contributed by atoms with Crippen molar-refractivity contribution >= 4 is 32.4 Å². The van der Waals surface area contributed by atoms with Crippen molar-refractivity contribution < 1.29 is 13.2 Å². The average molecular weight is 305 g/mol. The quantitative estimate of drug-likeness (QED) is 0.648. The average Bonchev–Trinajstić information content (AvgIpc) is 2.78. The summed E-state index contributed by atoms with van der Waals surface area (Å²) in [7, 11) is -3.67.